The Hall–Kier alpha value is -4.13. The lowest BCUT2D eigenvalue weighted by atomic mass is 9.73. The fourth-order valence-electron chi connectivity index (χ4n) is 5.14. The lowest BCUT2D eigenvalue weighted by molar-refractivity contribution is -0.122. The van der Waals surface area contributed by atoms with Crippen LogP contribution in [0.2, 0.25) is 0 Å². The minimum Gasteiger partial charge on any atom is -0.454 e. The first kappa shape index (κ1) is 23.6. The van der Waals surface area contributed by atoms with Crippen molar-refractivity contribution in [3.63, 3.8) is 0 Å². The average Bonchev–Trinajstić information content (AvgIpc) is 3.17. The minimum absolute atomic E-state index is 0.186. The first-order chi connectivity index (χ1) is 17.4. The van der Waals surface area contributed by atoms with E-state index < -0.39 is 24.2 Å². The Balaban J connectivity index is 1.23. The van der Waals surface area contributed by atoms with Crippen molar-refractivity contribution in [2.24, 2.45) is 11.8 Å². The van der Waals surface area contributed by atoms with Crippen molar-refractivity contribution >= 4 is 29.3 Å². The summed E-state index contributed by atoms with van der Waals surface area (Å²) in [6, 6.07) is 21.0. The molecule has 0 radical (unpaired) electrons. The van der Waals surface area contributed by atoms with Gasteiger partial charge in [0.15, 0.2) is 12.4 Å². The summed E-state index contributed by atoms with van der Waals surface area (Å²) in [6.45, 7) is -0.485. The fraction of sp³-hybridized carbons (Fsp3) is 0.241. The second kappa shape index (κ2) is 9.85. The lowest BCUT2D eigenvalue weighted by Gasteiger charge is -2.28. The summed E-state index contributed by atoms with van der Waals surface area (Å²) in [5, 5.41) is 0. The summed E-state index contributed by atoms with van der Waals surface area (Å²) in [6.07, 6.45) is 2.17. The molecule has 1 heterocycles. The summed E-state index contributed by atoms with van der Waals surface area (Å²) < 4.78 is 18.1. The molecule has 5 rings (SSSR count). The molecule has 0 N–H and O–H groups in total. The normalized spacial score (nSPS) is 21.2. The third kappa shape index (κ3) is 4.56. The molecule has 3 aromatic rings. The van der Waals surface area contributed by atoms with E-state index in [1.807, 2.05) is 18.2 Å². The van der Waals surface area contributed by atoms with E-state index in [1.165, 1.54) is 34.7 Å². The number of carbonyl (C=O) groups excluding carboxylic acids is 4. The van der Waals surface area contributed by atoms with Crippen molar-refractivity contribution in [1.29, 1.82) is 0 Å². The number of esters is 1. The van der Waals surface area contributed by atoms with Crippen LogP contribution in [0.1, 0.15) is 51.5 Å². The van der Waals surface area contributed by atoms with E-state index in [1.54, 1.807) is 12.1 Å². The van der Waals surface area contributed by atoms with Crippen LogP contribution in [0.5, 0.6) is 0 Å². The predicted molar refractivity (Wildman–Crippen MR) is 130 cm³/mol. The number of halogens is 1. The first-order valence-electron chi connectivity index (χ1n) is 11.9. The molecule has 2 fully saturated rings. The smallest absolute Gasteiger partial charge is 0.338 e. The molecule has 2 aliphatic rings. The Labute approximate surface area is 207 Å². The summed E-state index contributed by atoms with van der Waals surface area (Å²) in [5.74, 6) is -2.45. The number of hydrogen-bond acceptors (Lipinski definition) is 5. The molecule has 1 aliphatic carbocycles. The molecule has 7 heteroatoms. The van der Waals surface area contributed by atoms with E-state index in [-0.39, 0.29) is 40.7 Å². The van der Waals surface area contributed by atoms with Gasteiger partial charge >= 0.3 is 5.97 Å². The van der Waals surface area contributed by atoms with Crippen molar-refractivity contribution in [2.45, 2.75) is 25.2 Å². The maximum atomic E-state index is 13.2. The summed E-state index contributed by atoms with van der Waals surface area (Å²) >= 11 is 0. The average molecular weight is 486 g/mol. The fourth-order valence-corrected chi connectivity index (χ4v) is 5.14. The highest BCUT2D eigenvalue weighted by atomic mass is 19.1. The summed E-state index contributed by atoms with van der Waals surface area (Å²) in [7, 11) is 0. The molecule has 36 heavy (non-hydrogen) atoms. The first-order valence-corrected chi connectivity index (χ1v) is 11.9. The van der Waals surface area contributed by atoms with Crippen LogP contribution in [-0.4, -0.2) is 30.2 Å². The predicted octanol–water partition coefficient (Wildman–Crippen LogP) is 4.94. The van der Waals surface area contributed by atoms with Crippen LogP contribution in [0.25, 0.3) is 0 Å². The number of nitrogens with zero attached hydrogens (tertiary/aromatic N) is 1. The van der Waals surface area contributed by atoms with Gasteiger partial charge in [-0.1, -0.05) is 30.3 Å². The minimum atomic E-state index is -0.713. The molecule has 0 spiro atoms. The molecule has 3 atom stereocenters. The monoisotopic (exact) mass is 485 g/mol. The molecule has 6 nitrogen and oxygen atoms in total. The van der Waals surface area contributed by atoms with Gasteiger partial charge in [-0.05, 0) is 79.3 Å². The van der Waals surface area contributed by atoms with Gasteiger partial charge in [0.2, 0.25) is 11.8 Å². The van der Waals surface area contributed by atoms with Gasteiger partial charge in [0.05, 0.1) is 23.1 Å². The number of benzene rings is 3. The van der Waals surface area contributed by atoms with E-state index in [9.17, 15) is 23.6 Å². The largest absolute Gasteiger partial charge is 0.454 e. The third-order valence-corrected chi connectivity index (χ3v) is 7.06. The molecular formula is C29H24FNO5. The maximum absolute atomic E-state index is 13.2. The zero-order valence-electron chi connectivity index (χ0n) is 19.4. The van der Waals surface area contributed by atoms with Crippen molar-refractivity contribution in [3.05, 3.63) is 101 Å². The van der Waals surface area contributed by atoms with Crippen LogP contribution in [-0.2, 0) is 14.3 Å². The van der Waals surface area contributed by atoms with Crippen LogP contribution in [0.4, 0.5) is 10.1 Å². The number of hydrogen-bond donors (Lipinski definition) is 0. The summed E-state index contributed by atoms with van der Waals surface area (Å²) in [4.78, 5) is 52.1. The molecule has 1 aliphatic heterocycles. The topological polar surface area (TPSA) is 80.8 Å². The lowest BCUT2D eigenvalue weighted by Crippen LogP contribution is -2.30. The Morgan fingerprint density at radius 1 is 0.806 bits per heavy atom. The Kier molecular flexibility index (Phi) is 6.46. The molecule has 2 amide bonds. The standard InChI is InChI=1S/C29H24FNO5/c30-22-11-6-19(7-12-22)26(32)17-36-29(35)20-8-13-23(14-9-20)31-27(33)24-15-10-21(16-25(24)28(31)34)18-4-2-1-3-5-18/h1-9,11-14,21,24-25H,10,15-17H2/t21-,24+,25-/m1/s1. The molecule has 1 saturated carbocycles. The van der Waals surface area contributed by atoms with Crippen LogP contribution in [0, 0.1) is 17.7 Å². The van der Waals surface area contributed by atoms with Gasteiger partial charge in [-0.2, -0.15) is 0 Å². The maximum Gasteiger partial charge on any atom is 0.338 e. The highest BCUT2D eigenvalue weighted by Crippen LogP contribution is 2.45. The van der Waals surface area contributed by atoms with Crippen molar-refractivity contribution < 1.29 is 28.3 Å². The second-order valence-corrected chi connectivity index (χ2v) is 9.20. The second-order valence-electron chi connectivity index (χ2n) is 9.20. The van der Waals surface area contributed by atoms with Gasteiger partial charge < -0.3 is 4.74 Å². The third-order valence-electron chi connectivity index (χ3n) is 7.06. The number of imide groups is 1. The number of carbonyl (C=O) groups is 4. The van der Waals surface area contributed by atoms with Crippen molar-refractivity contribution in [3.8, 4) is 0 Å². The van der Waals surface area contributed by atoms with E-state index in [0.29, 0.717) is 18.5 Å². The van der Waals surface area contributed by atoms with Crippen LogP contribution in [0.3, 0.4) is 0 Å². The van der Waals surface area contributed by atoms with Gasteiger partial charge in [-0.15, -0.1) is 0 Å². The number of amides is 2. The van der Waals surface area contributed by atoms with Crippen LogP contribution >= 0.6 is 0 Å². The molecule has 3 aromatic carbocycles. The highest BCUT2D eigenvalue weighted by molar-refractivity contribution is 6.22. The number of ketones is 1. The summed E-state index contributed by atoms with van der Waals surface area (Å²) in [5.41, 5.74) is 2.03. The number of fused-ring (bicyclic) bond motifs is 1. The van der Waals surface area contributed by atoms with Gasteiger partial charge in [0, 0.05) is 5.56 Å². The molecule has 0 unspecified atom stereocenters. The quantitative estimate of drug-likeness (QED) is 0.281. The Morgan fingerprint density at radius 3 is 2.14 bits per heavy atom. The van der Waals surface area contributed by atoms with Gasteiger partial charge in [0.25, 0.3) is 0 Å². The van der Waals surface area contributed by atoms with Crippen molar-refractivity contribution in [1.82, 2.24) is 0 Å². The van der Waals surface area contributed by atoms with E-state index >= 15 is 0 Å². The van der Waals surface area contributed by atoms with Gasteiger partial charge in [-0.3, -0.25) is 19.3 Å². The van der Waals surface area contributed by atoms with Gasteiger partial charge in [0.1, 0.15) is 5.82 Å². The zero-order valence-corrected chi connectivity index (χ0v) is 19.4. The van der Waals surface area contributed by atoms with Crippen LogP contribution in [0.15, 0.2) is 78.9 Å². The highest BCUT2D eigenvalue weighted by Gasteiger charge is 2.50. The SMILES string of the molecule is O=C(COC(=O)c1ccc(N2C(=O)[C@H]3CC[C@@H](c4ccccc4)C[C@H]3C2=O)cc1)c1ccc(F)cc1. The van der Waals surface area contributed by atoms with Gasteiger partial charge in [-0.25, -0.2) is 9.18 Å². The van der Waals surface area contributed by atoms with Crippen molar-refractivity contribution in [2.75, 3.05) is 11.5 Å². The molecule has 0 bridgehead atoms. The van der Waals surface area contributed by atoms with E-state index in [4.69, 9.17) is 4.74 Å². The van der Waals surface area contributed by atoms with Crippen LogP contribution < -0.4 is 4.90 Å². The Morgan fingerprint density at radius 2 is 1.44 bits per heavy atom. The number of ether oxygens (including phenoxy) is 1. The molecular weight excluding hydrogens is 461 g/mol. The van der Waals surface area contributed by atoms with E-state index in [2.05, 4.69) is 12.1 Å². The number of Topliss-reactive ketones (excluding diaryl/α,β-unsaturated/α-hetero) is 1. The molecule has 1 saturated heterocycles. The Bertz CT molecular complexity index is 1300. The number of rotatable bonds is 6. The molecule has 0 aromatic heterocycles. The van der Waals surface area contributed by atoms with E-state index in [0.717, 1.165) is 18.6 Å². The number of anilines is 1. The molecule has 182 valence electrons. The zero-order chi connectivity index (χ0) is 25.2.